The molecule has 2 aliphatic rings. The van der Waals surface area contributed by atoms with Gasteiger partial charge < -0.3 is 14.6 Å². The van der Waals surface area contributed by atoms with Crippen LogP contribution >= 0.6 is 0 Å². The predicted octanol–water partition coefficient (Wildman–Crippen LogP) is 0.584. The van der Waals surface area contributed by atoms with Crippen molar-refractivity contribution in [2.45, 2.75) is 12.7 Å². The maximum absolute atomic E-state index is 11.3. The average Bonchev–Trinajstić information content (AvgIpc) is 2.18. The molecule has 4 heteroatoms. The van der Waals surface area contributed by atoms with Crippen LogP contribution in [0, 0.1) is 11.8 Å². The number of carbonyl (C=O) groups is 1. The zero-order valence-electron chi connectivity index (χ0n) is 7.68. The van der Waals surface area contributed by atoms with Crippen molar-refractivity contribution < 1.29 is 19.4 Å². The van der Waals surface area contributed by atoms with Gasteiger partial charge in [-0.05, 0) is 6.42 Å². The van der Waals surface area contributed by atoms with E-state index in [-0.39, 0.29) is 17.8 Å². The van der Waals surface area contributed by atoms with Crippen molar-refractivity contribution in [2.24, 2.45) is 11.8 Å². The highest BCUT2D eigenvalue weighted by molar-refractivity contribution is 5.89. The highest BCUT2D eigenvalue weighted by Gasteiger charge is 2.39. The molecule has 0 amide bonds. The van der Waals surface area contributed by atoms with Gasteiger partial charge in [0.1, 0.15) is 0 Å². The first-order valence-corrected chi connectivity index (χ1v) is 4.57. The summed E-state index contributed by atoms with van der Waals surface area (Å²) >= 11 is 0. The summed E-state index contributed by atoms with van der Waals surface area (Å²) < 4.78 is 9.81. The summed E-state index contributed by atoms with van der Waals surface area (Å²) in [4.78, 5) is 11.3. The Bertz CT molecular complexity index is 294. The van der Waals surface area contributed by atoms with Crippen molar-refractivity contribution in [3.8, 4) is 0 Å². The van der Waals surface area contributed by atoms with E-state index in [2.05, 4.69) is 6.58 Å². The van der Waals surface area contributed by atoms with Crippen LogP contribution in [0.3, 0.4) is 0 Å². The summed E-state index contributed by atoms with van der Waals surface area (Å²) in [5.74, 6) is -0.583. The predicted molar refractivity (Wildman–Crippen MR) is 47.9 cm³/mol. The zero-order valence-corrected chi connectivity index (χ0v) is 7.68. The SMILES string of the molecule is C=C[C@@H]1[C@H](O)OC=C2C(=O)OCC[C@H]21. The molecule has 2 rings (SSSR count). The Morgan fingerprint density at radius 1 is 1.64 bits per heavy atom. The number of ether oxygens (including phenoxy) is 2. The number of esters is 1. The Morgan fingerprint density at radius 2 is 2.43 bits per heavy atom. The van der Waals surface area contributed by atoms with Gasteiger partial charge in [0.25, 0.3) is 0 Å². The molecule has 4 nitrogen and oxygen atoms in total. The van der Waals surface area contributed by atoms with Crippen LogP contribution in [0.4, 0.5) is 0 Å². The summed E-state index contributed by atoms with van der Waals surface area (Å²) in [6, 6.07) is 0. The minimum Gasteiger partial charge on any atom is -0.472 e. The lowest BCUT2D eigenvalue weighted by atomic mass is 9.81. The minimum atomic E-state index is -0.896. The van der Waals surface area contributed by atoms with Gasteiger partial charge in [0.2, 0.25) is 6.29 Å². The first-order valence-electron chi connectivity index (χ1n) is 4.57. The molecule has 0 radical (unpaired) electrons. The normalized spacial score (nSPS) is 36.2. The highest BCUT2D eigenvalue weighted by Crippen LogP contribution is 2.35. The Morgan fingerprint density at radius 3 is 3.14 bits per heavy atom. The van der Waals surface area contributed by atoms with Crippen molar-refractivity contribution in [3.05, 3.63) is 24.5 Å². The molecule has 1 saturated heterocycles. The van der Waals surface area contributed by atoms with Gasteiger partial charge in [0.05, 0.1) is 18.4 Å². The molecule has 0 aromatic heterocycles. The molecule has 0 spiro atoms. The molecule has 1 N–H and O–H groups in total. The van der Waals surface area contributed by atoms with Gasteiger partial charge >= 0.3 is 5.97 Å². The number of rotatable bonds is 1. The van der Waals surface area contributed by atoms with Crippen LogP contribution in [0.25, 0.3) is 0 Å². The van der Waals surface area contributed by atoms with E-state index < -0.39 is 6.29 Å². The number of hydrogen-bond acceptors (Lipinski definition) is 4. The Balaban J connectivity index is 2.29. The summed E-state index contributed by atoms with van der Waals surface area (Å²) in [5.41, 5.74) is 0.506. The number of cyclic esters (lactones) is 1. The van der Waals surface area contributed by atoms with Gasteiger partial charge in [0, 0.05) is 11.8 Å². The highest BCUT2D eigenvalue weighted by atomic mass is 16.6. The number of aliphatic hydroxyl groups is 1. The zero-order chi connectivity index (χ0) is 10.1. The minimum absolute atomic E-state index is 0.0162. The quantitative estimate of drug-likeness (QED) is 0.492. The van der Waals surface area contributed by atoms with Crippen molar-refractivity contribution in [2.75, 3.05) is 6.61 Å². The van der Waals surface area contributed by atoms with Crippen LogP contribution in [-0.4, -0.2) is 24.0 Å². The van der Waals surface area contributed by atoms with Crippen molar-refractivity contribution in [3.63, 3.8) is 0 Å². The smallest absolute Gasteiger partial charge is 0.337 e. The van der Waals surface area contributed by atoms with Crippen LogP contribution in [0.2, 0.25) is 0 Å². The molecule has 0 saturated carbocycles. The second-order valence-corrected chi connectivity index (χ2v) is 3.44. The Hall–Kier alpha value is -1.29. The molecule has 0 aliphatic carbocycles. The number of aliphatic hydroxyl groups excluding tert-OH is 1. The summed E-state index contributed by atoms with van der Waals surface area (Å²) in [5, 5.41) is 9.50. The topological polar surface area (TPSA) is 55.8 Å². The monoisotopic (exact) mass is 196 g/mol. The lowest BCUT2D eigenvalue weighted by molar-refractivity contribution is -0.151. The van der Waals surface area contributed by atoms with Crippen molar-refractivity contribution in [1.29, 1.82) is 0 Å². The lowest BCUT2D eigenvalue weighted by Gasteiger charge is -2.35. The molecular weight excluding hydrogens is 184 g/mol. The first kappa shape index (κ1) is 9.27. The first-order chi connectivity index (χ1) is 6.74. The molecule has 2 heterocycles. The van der Waals surface area contributed by atoms with E-state index in [4.69, 9.17) is 9.47 Å². The third-order valence-electron chi connectivity index (χ3n) is 2.70. The molecule has 3 atom stereocenters. The van der Waals surface area contributed by atoms with Crippen LogP contribution in [0.15, 0.2) is 24.5 Å². The molecule has 76 valence electrons. The number of fused-ring (bicyclic) bond motifs is 1. The fourth-order valence-electron chi connectivity index (χ4n) is 1.92. The third kappa shape index (κ3) is 1.32. The van der Waals surface area contributed by atoms with Crippen LogP contribution < -0.4 is 0 Å². The number of carbonyl (C=O) groups excluding carboxylic acids is 1. The molecular formula is C10H12O4. The van der Waals surface area contributed by atoms with Gasteiger partial charge in [-0.3, -0.25) is 0 Å². The van der Waals surface area contributed by atoms with Crippen LogP contribution in [0.5, 0.6) is 0 Å². The van der Waals surface area contributed by atoms with E-state index in [1.807, 2.05) is 0 Å². The molecule has 1 fully saturated rings. The van der Waals surface area contributed by atoms with Gasteiger partial charge in [-0.1, -0.05) is 6.08 Å². The molecule has 2 aliphatic heterocycles. The van der Waals surface area contributed by atoms with Crippen LogP contribution in [-0.2, 0) is 14.3 Å². The third-order valence-corrected chi connectivity index (χ3v) is 2.70. The van der Waals surface area contributed by atoms with Gasteiger partial charge in [0.15, 0.2) is 0 Å². The lowest BCUT2D eigenvalue weighted by Crippen LogP contribution is -2.38. The maximum atomic E-state index is 11.3. The second kappa shape index (κ2) is 3.46. The summed E-state index contributed by atoms with van der Waals surface area (Å²) in [6.45, 7) is 4.03. The maximum Gasteiger partial charge on any atom is 0.337 e. The van der Waals surface area contributed by atoms with Crippen molar-refractivity contribution in [1.82, 2.24) is 0 Å². The Labute approximate surface area is 81.8 Å². The summed E-state index contributed by atoms with van der Waals surface area (Å²) in [7, 11) is 0. The average molecular weight is 196 g/mol. The van der Waals surface area contributed by atoms with E-state index >= 15 is 0 Å². The van der Waals surface area contributed by atoms with Gasteiger partial charge in [-0.15, -0.1) is 6.58 Å². The van der Waals surface area contributed by atoms with E-state index in [0.29, 0.717) is 18.6 Å². The Kier molecular flexibility index (Phi) is 2.29. The largest absolute Gasteiger partial charge is 0.472 e. The molecule has 0 aromatic rings. The van der Waals surface area contributed by atoms with Crippen LogP contribution in [0.1, 0.15) is 6.42 Å². The van der Waals surface area contributed by atoms with Gasteiger partial charge in [-0.2, -0.15) is 0 Å². The molecule has 0 unspecified atom stereocenters. The fraction of sp³-hybridized carbons (Fsp3) is 0.500. The summed E-state index contributed by atoms with van der Waals surface area (Å²) in [6.07, 6.45) is 2.75. The molecule has 0 aromatic carbocycles. The van der Waals surface area contributed by atoms with Crippen molar-refractivity contribution >= 4 is 5.97 Å². The number of hydrogen-bond donors (Lipinski definition) is 1. The van der Waals surface area contributed by atoms with Gasteiger partial charge in [-0.25, -0.2) is 4.79 Å². The molecule has 14 heavy (non-hydrogen) atoms. The van der Waals surface area contributed by atoms with E-state index in [1.54, 1.807) is 6.08 Å². The molecule has 0 bridgehead atoms. The van der Waals surface area contributed by atoms with E-state index in [0.717, 1.165) is 0 Å². The fourth-order valence-corrected chi connectivity index (χ4v) is 1.92. The van der Waals surface area contributed by atoms with E-state index in [1.165, 1.54) is 6.26 Å². The standard InChI is InChI=1S/C10H12O4/c1-2-6-7-3-4-13-10(12)8(7)5-14-9(6)11/h2,5-7,9,11H,1,3-4H2/t6-,7-,9+/m0/s1. The van der Waals surface area contributed by atoms with E-state index in [9.17, 15) is 9.90 Å². The second-order valence-electron chi connectivity index (χ2n) is 3.44.